The standard InChI is InChI=1S/C26H25N3O5S/c30-24(31)12-16-6-5-11-29(16)25(32)22-15-35-23(28-22)13-27-26(33)34-14-21-19-9-3-1-7-17(19)18-8-2-4-10-20(18)21/h1-4,7-10,15-16,21H,5-6,11-14H2,(H,27,33)(H,30,31)/t16-/m1/s1. The lowest BCUT2D eigenvalue weighted by molar-refractivity contribution is -0.137. The van der Waals surface area contributed by atoms with E-state index in [1.165, 1.54) is 22.5 Å². The molecule has 1 fully saturated rings. The van der Waals surface area contributed by atoms with E-state index >= 15 is 0 Å². The van der Waals surface area contributed by atoms with Crippen molar-refractivity contribution in [2.75, 3.05) is 13.2 Å². The van der Waals surface area contributed by atoms with Gasteiger partial charge in [-0.1, -0.05) is 48.5 Å². The molecule has 180 valence electrons. The SMILES string of the molecule is O=C(O)C[C@H]1CCCN1C(=O)c1csc(CNC(=O)OCC2c3ccccc3-c3ccccc32)n1. The molecule has 1 aromatic heterocycles. The minimum absolute atomic E-state index is 0.0172. The molecule has 35 heavy (non-hydrogen) atoms. The van der Waals surface area contributed by atoms with Crippen LogP contribution in [0.5, 0.6) is 0 Å². The highest BCUT2D eigenvalue weighted by atomic mass is 32.1. The Morgan fingerprint density at radius 1 is 1.09 bits per heavy atom. The average molecular weight is 492 g/mol. The summed E-state index contributed by atoms with van der Waals surface area (Å²) in [5.74, 6) is -1.20. The zero-order valence-corrected chi connectivity index (χ0v) is 19.8. The van der Waals surface area contributed by atoms with Gasteiger partial charge in [-0.3, -0.25) is 9.59 Å². The molecule has 8 nitrogen and oxygen atoms in total. The molecule has 1 atom stereocenters. The summed E-state index contributed by atoms with van der Waals surface area (Å²) in [5, 5.41) is 14.0. The van der Waals surface area contributed by atoms with Gasteiger partial charge in [0.15, 0.2) is 0 Å². The van der Waals surface area contributed by atoms with Crippen LogP contribution >= 0.6 is 11.3 Å². The first-order valence-corrected chi connectivity index (χ1v) is 12.4. The summed E-state index contributed by atoms with van der Waals surface area (Å²) >= 11 is 1.27. The number of carbonyl (C=O) groups is 3. The molecule has 2 amide bonds. The highest BCUT2D eigenvalue weighted by molar-refractivity contribution is 7.09. The monoisotopic (exact) mass is 491 g/mol. The number of hydrogen-bond acceptors (Lipinski definition) is 6. The molecule has 2 aliphatic rings. The summed E-state index contributed by atoms with van der Waals surface area (Å²) < 4.78 is 5.54. The largest absolute Gasteiger partial charge is 0.481 e. The Morgan fingerprint density at radius 2 is 1.77 bits per heavy atom. The first-order valence-electron chi connectivity index (χ1n) is 11.6. The lowest BCUT2D eigenvalue weighted by Gasteiger charge is -2.22. The fraction of sp³-hybridized carbons (Fsp3) is 0.308. The van der Waals surface area contributed by atoms with Crippen LogP contribution in [-0.4, -0.2) is 52.2 Å². The van der Waals surface area contributed by atoms with Crippen molar-refractivity contribution < 1.29 is 24.2 Å². The van der Waals surface area contributed by atoms with Crippen LogP contribution in [0, 0.1) is 0 Å². The zero-order valence-electron chi connectivity index (χ0n) is 19.0. The summed E-state index contributed by atoms with van der Waals surface area (Å²) in [5.41, 5.74) is 4.90. The van der Waals surface area contributed by atoms with E-state index in [0.717, 1.165) is 17.5 Å². The van der Waals surface area contributed by atoms with E-state index in [9.17, 15) is 14.4 Å². The van der Waals surface area contributed by atoms with Crippen molar-refractivity contribution in [1.29, 1.82) is 0 Å². The number of carboxylic acids is 1. The van der Waals surface area contributed by atoms with Crippen molar-refractivity contribution >= 4 is 29.3 Å². The van der Waals surface area contributed by atoms with Crippen LogP contribution in [0.25, 0.3) is 11.1 Å². The van der Waals surface area contributed by atoms with Gasteiger partial charge in [0.05, 0.1) is 13.0 Å². The van der Waals surface area contributed by atoms with E-state index in [2.05, 4.69) is 34.6 Å². The third-order valence-electron chi connectivity index (χ3n) is 6.55. The summed E-state index contributed by atoms with van der Waals surface area (Å²) in [6.07, 6.45) is 0.852. The third-order valence-corrected chi connectivity index (χ3v) is 7.40. The highest BCUT2D eigenvalue weighted by Gasteiger charge is 2.32. The van der Waals surface area contributed by atoms with Crippen LogP contribution in [-0.2, 0) is 16.1 Å². The van der Waals surface area contributed by atoms with Crippen molar-refractivity contribution in [1.82, 2.24) is 15.2 Å². The normalized spacial score (nSPS) is 16.6. The molecule has 1 aliphatic heterocycles. The number of aliphatic carboxylic acids is 1. The number of nitrogens with zero attached hydrogens (tertiary/aromatic N) is 2. The molecule has 1 saturated heterocycles. The molecule has 9 heteroatoms. The number of thiazole rings is 1. The highest BCUT2D eigenvalue weighted by Crippen LogP contribution is 2.44. The van der Waals surface area contributed by atoms with Gasteiger partial charge in [-0.15, -0.1) is 11.3 Å². The zero-order chi connectivity index (χ0) is 24.4. The quantitative estimate of drug-likeness (QED) is 0.511. The van der Waals surface area contributed by atoms with E-state index in [4.69, 9.17) is 9.84 Å². The Balaban J connectivity index is 1.16. The number of aromatic nitrogens is 1. The molecular weight excluding hydrogens is 466 g/mol. The van der Waals surface area contributed by atoms with Crippen molar-refractivity contribution in [3.63, 3.8) is 0 Å². The maximum absolute atomic E-state index is 12.8. The Morgan fingerprint density at radius 3 is 2.46 bits per heavy atom. The number of amides is 2. The van der Waals surface area contributed by atoms with Gasteiger partial charge in [0.25, 0.3) is 5.91 Å². The Labute approximate surface area is 206 Å². The van der Waals surface area contributed by atoms with E-state index < -0.39 is 12.1 Å². The van der Waals surface area contributed by atoms with Crippen molar-refractivity contribution in [2.45, 2.75) is 37.8 Å². The number of carbonyl (C=O) groups excluding carboxylic acids is 2. The minimum atomic E-state index is -0.916. The second kappa shape index (κ2) is 9.87. The molecule has 0 bridgehead atoms. The van der Waals surface area contributed by atoms with Gasteiger partial charge in [-0.05, 0) is 35.1 Å². The molecule has 0 unspecified atom stereocenters. The summed E-state index contributed by atoms with van der Waals surface area (Å²) in [7, 11) is 0. The number of rotatable bonds is 7. The van der Waals surface area contributed by atoms with Crippen molar-refractivity contribution in [3.8, 4) is 11.1 Å². The number of benzene rings is 2. The predicted molar refractivity (Wildman–Crippen MR) is 130 cm³/mol. The molecule has 2 N–H and O–H groups in total. The van der Waals surface area contributed by atoms with Gasteiger partial charge >= 0.3 is 12.1 Å². The first kappa shape index (κ1) is 23.0. The lowest BCUT2D eigenvalue weighted by Crippen LogP contribution is -2.37. The maximum atomic E-state index is 12.8. The van der Waals surface area contributed by atoms with Crippen LogP contribution in [0.4, 0.5) is 4.79 Å². The Kier molecular flexibility index (Phi) is 6.50. The number of fused-ring (bicyclic) bond motifs is 3. The first-order chi connectivity index (χ1) is 17.0. The maximum Gasteiger partial charge on any atom is 0.407 e. The lowest BCUT2D eigenvalue weighted by atomic mass is 9.98. The van der Waals surface area contributed by atoms with Gasteiger partial charge in [-0.2, -0.15) is 0 Å². The summed E-state index contributed by atoms with van der Waals surface area (Å²) in [4.78, 5) is 42.2. The summed E-state index contributed by atoms with van der Waals surface area (Å²) in [6, 6.07) is 16.0. The van der Waals surface area contributed by atoms with Crippen LogP contribution < -0.4 is 5.32 Å². The Hall–Kier alpha value is -3.72. The Bertz CT molecular complexity index is 1230. The van der Waals surface area contributed by atoms with Gasteiger partial charge in [0.1, 0.15) is 17.3 Å². The number of alkyl carbamates (subject to hydrolysis) is 1. The van der Waals surface area contributed by atoms with Crippen LogP contribution in [0.15, 0.2) is 53.9 Å². The summed E-state index contributed by atoms with van der Waals surface area (Å²) in [6.45, 7) is 0.899. The fourth-order valence-electron chi connectivity index (χ4n) is 4.95. The van der Waals surface area contributed by atoms with Gasteiger partial charge in [0, 0.05) is 23.9 Å². The van der Waals surface area contributed by atoms with Crippen LogP contribution in [0.3, 0.4) is 0 Å². The molecular formula is C26H25N3O5S. The van der Waals surface area contributed by atoms with E-state index in [0.29, 0.717) is 18.0 Å². The molecule has 0 saturated carbocycles. The molecule has 5 rings (SSSR count). The van der Waals surface area contributed by atoms with E-state index in [1.54, 1.807) is 10.3 Å². The second-order valence-electron chi connectivity index (χ2n) is 8.70. The van der Waals surface area contributed by atoms with E-state index in [-0.39, 0.29) is 43.1 Å². The van der Waals surface area contributed by atoms with E-state index in [1.807, 2.05) is 24.3 Å². The molecule has 2 heterocycles. The molecule has 2 aromatic carbocycles. The van der Waals surface area contributed by atoms with Crippen LogP contribution in [0.1, 0.15) is 51.8 Å². The predicted octanol–water partition coefficient (Wildman–Crippen LogP) is 4.26. The molecule has 0 radical (unpaired) electrons. The minimum Gasteiger partial charge on any atom is -0.481 e. The number of ether oxygens (including phenoxy) is 1. The number of hydrogen-bond donors (Lipinski definition) is 2. The smallest absolute Gasteiger partial charge is 0.407 e. The van der Waals surface area contributed by atoms with Gasteiger partial charge < -0.3 is 20.1 Å². The topological polar surface area (TPSA) is 109 Å². The van der Waals surface area contributed by atoms with Crippen LogP contribution in [0.2, 0.25) is 0 Å². The van der Waals surface area contributed by atoms with Gasteiger partial charge in [-0.25, -0.2) is 9.78 Å². The van der Waals surface area contributed by atoms with Crippen molar-refractivity contribution in [3.05, 3.63) is 75.7 Å². The van der Waals surface area contributed by atoms with Crippen molar-refractivity contribution in [2.24, 2.45) is 0 Å². The van der Waals surface area contributed by atoms with Gasteiger partial charge in [0.2, 0.25) is 0 Å². The number of nitrogens with one attached hydrogen (secondary N) is 1. The third kappa shape index (κ3) is 4.77. The second-order valence-corrected chi connectivity index (χ2v) is 9.64. The molecule has 1 aliphatic carbocycles. The number of carboxylic acid groups (broad SMARTS) is 1. The number of likely N-dealkylation sites (tertiary alicyclic amines) is 1. The fourth-order valence-corrected chi connectivity index (χ4v) is 5.66. The molecule has 0 spiro atoms. The average Bonchev–Trinajstić information content (AvgIpc) is 3.59. The molecule has 3 aromatic rings.